The van der Waals surface area contributed by atoms with Crippen molar-refractivity contribution < 1.29 is 14.3 Å². The molecule has 0 radical (unpaired) electrons. The average Bonchev–Trinajstić information content (AvgIpc) is 2.84. The highest BCUT2D eigenvalue weighted by atomic mass is 16.5. The lowest BCUT2D eigenvalue weighted by molar-refractivity contribution is 0.0876. The number of aryl methyl sites for hydroxylation is 2. The summed E-state index contributed by atoms with van der Waals surface area (Å²) < 4.78 is 11.2. The molecule has 1 aliphatic rings. The number of benzene rings is 3. The first kappa shape index (κ1) is 23.8. The molecule has 2 atom stereocenters. The maximum atomic E-state index is 13.2. The van der Waals surface area contributed by atoms with Crippen LogP contribution in [0, 0.1) is 13.8 Å². The number of ether oxygens (including phenoxy) is 2. The van der Waals surface area contributed by atoms with Crippen molar-refractivity contribution in [3.63, 3.8) is 0 Å². The molecule has 3 aromatic carbocycles. The average molecular weight is 459 g/mol. The smallest absolute Gasteiger partial charge is 0.251 e. The predicted octanol–water partition coefficient (Wildman–Crippen LogP) is 5.24. The van der Waals surface area contributed by atoms with Crippen LogP contribution in [0.25, 0.3) is 0 Å². The minimum atomic E-state index is -0.116. The Bertz CT molecular complexity index is 1160. The van der Waals surface area contributed by atoms with E-state index >= 15 is 0 Å². The van der Waals surface area contributed by atoms with Crippen LogP contribution in [0.1, 0.15) is 51.1 Å². The molecule has 1 amide bonds. The number of rotatable bonds is 7. The number of fused-ring (bicyclic) bond motifs is 1. The summed E-state index contributed by atoms with van der Waals surface area (Å²) in [5.74, 6) is 1.40. The third-order valence-electron chi connectivity index (χ3n) is 6.75. The van der Waals surface area contributed by atoms with E-state index in [1.807, 2.05) is 31.2 Å². The van der Waals surface area contributed by atoms with Gasteiger partial charge >= 0.3 is 0 Å². The molecule has 2 unspecified atom stereocenters. The van der Waals surface area contributed by atoms with Gasteiger partial charge in [0.25, 0.3) is 5.91 Å². The molecule has 5 nitrogen and oxygen atoms in total. The SMILES string of the molecule is COc1cc2c(cc1OC)C(C(C)NC(=O)c1ccccc1C)N(Cc1ccc(C)cc1)CC2. The van der Waals surface area contributed by atoms with Gasteiger partial charge in [-0.05, 0) is 67.6 Å². The van der Waals surface area contributed by atoms with Gasteiger partial charge < -0.3 is 14.8 Å². The first-order valence-corrected chi connectivity index (χ1v) is 11.8. The van der Waals surface area contributed by atoms with Crippen LogP contribution in [-0.2, 0) is 13.0 Å². The molecular formula is C29H34N2O3. The molecule has 0 bridgehead atoms. The van der Waals surface area contributed by atoms with Crippen LogP contribution < -0.4 is 14.8 Å². The number of carbonyl (C=O) groups is 1. The van der Waals surface area contributed by atoms with E-state index in [2.05, 4.69) is 60.5 Å². The Balaban J connectivity index is 1.69. The molecule has 0 spiro atoms. The van der Waals surface area contributed by atoms with Crippen LogP contribution in [0.2, 0.25) is 0 Å². The largest absolute Gasteiger partial charge is 0.493 e. The first-order chi connectivity index (χ1) is 16.4. The second kappa shape index (κ2) is 10.3. The molecule has 34 heavy (non-hydrogen) atoms. The number of nitrogens with one attached hydrogen (secondary N) is 1. The van der Waals surface area contributed by atoms with Crippen LogP contribution in [0.15, 0.2) is 60.7 Å². The summed E-state index contributed by atoms with van der Waals surface area (Å²) in [6, 6.07) is 20.4. The van der Waals surface area contributed by atoms with Crippen LogP contribution in [0.5, 0.6) is 11.5 Å². The van der Waals surface area contributed by atoms with Gasteiger partial charge in [-0.25, -0.2) is 0 Å². The zero-order valence-corrected chi connectivity index (χ0v) is 20.7. The molecule has 1 aliphatic heterocycles. The fraction of sp³-hybridized carbons (Fsp3) is 0.345. The fourth-order valence-electron chi connectivity index (χ4n) is 4.91. The van der Waals surface area contributed by atoms with Crippen molar-refractivity contribution in [2.24, 2.45) is 0 Å². The van der Waals surface area contributed by atoms with E-state index in [1.54, 1.807) is 14.2 Å². The van der Waals surface area contributed by atoms with E-state index in [-0.39, 0.29) is 18.0 Å². The Kier molecular flexibility index (Phi) is 7.23. The van der Waals surface area contributed by atoms with Crippen LogP contribution in [0.3, 0.4) is 0 Å². The Morgan fingerprint density at radius 2 is 1.71 bits per heavy atom. The van der Waals surface area contributed by atoms with E-state index in [4.69, 9.17) is 9.47 Å². The monoisotopic (exact) mass is 458 g/mol. The third-order valence-corrected chi connectivity index (χ3v) is 6.75. The van der Waals surface area contributed by atoms with E-state index in [0.29, 0.717) is 11.3 Å². The van der Waals surface area contributed by atoms with Crippen molar-refractivity contribution in [1.29, 1.82) is 0 Å². The van der Waals surface area contributed by atoms with Gasteiger partial charge in [-0.3, -0.25) is 9.69 Å². The molecule has 4 rings (SSSR count). The lowest BCUT2D eigenvalue weighted by Crippen LogP contribution is -2.47. The predicted molar refractivity (Wildman–Crippen MR) is 136 cm³/mol. The Morgan fingerprint density at radius 1 is 1.03 bits per heavy atom. The minimum absolute atomic E-state index is 0.00201. The van der Waals surface area contributed by atoms with Gasteiger partial charge in [0, 0.05) is 24.7 Å². The molecule has 5 heteroatoms. The van der Waals surface area contributed by atoms with Gasteiger partial charge in [-0.1, -0.05) is 48.0 Å². The highest BCUT2D eigenvalue weighted by Crippen LogP contribution is 2.40. The highest BCUT2D eigenvalue weighted by Gasteiger charge is 2.34. The number of methoxy groups -OCH3 is 2. The highest BCUT2D eigenvalue weighted by molar-refractivity contribution is 5.95. The summed E-state index contributed by atoms with van der Waals surface area (Å²) in [6.45, 7) is 7.87. The summed E-state index contributed by atoms with van der Waals surface area (Å²) in [4.78, 5) is 15.6. The van der Waals surface area contributed by atoms with Gasteiger partial charge in [0.2, 0.25) is 0 Å². The quantitative estimate of drug-likeness (QED) is 0.526. The van der Waals surface area contributed by atoms with Crippen molar-refractivity contribution in [3.05, 3.63) is 94.0 Å². The summed E-state index contributed by atoms with van der Waals surface area (Å²) in [5, 5.41) is 3.29. The molecule has 1 heterocycles. The van der Waals surface area contributed by atoms with Crippen molar-refractivity contribution in [2.45, 2.75) is 45.8 Å². The lowest BCUT2D eigenvalue weighted by atomic mass is 9.87. The second-order valence-corrected chi connectivity index (χ2v) is 9.13. The topological polar surface area (TPSA) is 50.8 Å². The molecule has 0 fully saturated rings. The van der Waals surface area contributed by atoms with Crippen molar-refractivity contribution in [2.75, 3.05) is 20.8 Å². The van der Waals surface area contributed by atoms with Crippen LogP contribution in [0.4, 0.5) is 0 Å². The molecule has 3 aromatic rings. The molecule has 1 N–H and O–H groups in total. The van der Waals surface area contributed by atoms with Crippen molar-refractivity contribution in [1.82, 2.24) is 10.2 Å². The first-order valence-electron chi connectivity index (χ1n) is 11.8. The summed E-state index contributed by atoms with van der Waals surface area (Å²) in [5.41, 5.74) is 6.60. The Morgan fingerprint density at radius 3 is 2.38 bits per heavy atom. The molecule has 178 valence electrons. The minimum Gasteiger partial charge on any atom is -0.493 e. The second-order valence-electron chi connectivity index (χ2n) is 9.13. The van der Waals surface area contributed by atoms with Crippen molar-refractivity contribution >= 4 is 5.91 Å². The maximum absolute atomic E-state index is 13.2. The Hall–Kier alpha value is -3.31. The van der Waals surface area contributed by atoms with E-state index in [1.165, 1.54) is 22.3 Å². The summed E-state index contributed by atoms with van der Waals surface area (Å²) >= 11 is 0. The number of carbonyl (C=O) groups excluding carboxylic acids is 1. The zero-order valence-electron chi connectivity index (χ0n) is 20.7. The summed E-state index contributed by atoms with van der Waals surface area (Å²) in [6.07, 6.45) is 0.913. The molecule has 0 aromatic heterocycles. The number of amides is 1. The molecule has 0 saturated carbocycles. The van der Waals surface area contributed by atoms with E-state index < -0.39 is 0 Å². The number of hydrogen-bond acceptors (Lipinski definition) is 4. The van der Waals surface area contributed by atoms with Gasteiger partial charge in [-0.15, -0.1) is 0 Å². The normalized spacial score (nSPS) is 16.4. The zero-order chi connectivity index (χ0) is 24.2. The molecule has 0 saturated heterocycles. The number of nitrogens with zero attached hydrogens (tertiary/aromatic N) is 1. The fourth-order valence-corrected chi connectivity index (χ4v) is 4.91. The molecule has 0 aliphatic carbocycles. The van der Waals surface area contributed by atoms with Gasteiger partial charge in [0.05, 0.1) is 20.3 Å². The number of hydrogen-bond donors (Lipinski definition) is 1. The van der Waals surface area contributed by atoms with Crippen LogP contribution in [-0.4, -0.2) is 37.6 Å². The standard InChI is InChI=1S/C29H34N2O3/c1-19-10-12-22(13-11-19)18-31-15-14-23-16-26(33-4)27(34-5)17-25(23)28(31)21(3)30-29(32)24-9-7-6-8-20(24)2/h6-13,16-17,21,28H,14-15,18H2,1-5H3,(H,30,32). The van der Waals surface area contributed by atoms with Gasteiger partial charge in [-0.2, -0.15) is 0 Å². The summed E-state index contributed by atoms with van der Waals surface area (Å²) in [7, 11) is 3.33. The Labute approximate surface area is 202 Å². The van der Waals surface area contributed by atoms with E-state index in [9.17, 15) is 4.79 Å². The van der Waals surface area contributed by atoms with Gasteiger partial charge in [0.15, 0.2) is 11.5 Å². The molecular weight excluding hydrogens is 424 g/mol. The van der Waals surface area contributed by atoms with Gasteiger partial charge in [0.1, 0.15) is 0 Å². The third kappa shape index (κ3) is 4.95. The van der Waals surface area contributed by atoms with Crippen molar-refractivity contribution in [3.8, 4) is 11.5 Å². The maximum Gasteiger partial charge on any atom is 0.251 e. The lowest BCUT2D eigenvalue weighted by Gasteiger charge is -2.41. The van der Waals surface area contributed by atoms with Crippen LogP contribution >= 0.6 is 0 Å². The van der Waals surface area contributed by atoms with E-state index in [0.717, 1.165) is 30.8 Å².